The lowest BCUT2D eigenvalue weighted by Gasteiger charge is -2.15. The lowest BCUT2D eigenvalue weighted by atomic mass is 10.3. The zero-order valence-corrected chi connectivity index (χ0v) is 15.8. The van der Waals surface area contributed by atoms with Crippen LogP contribution in [-0.4, -0.2) is 32.5 Å². The van der Waals surface area contributed by atoms with Crippen molar-refractivity contribution < 1.29 is 9.53 Å². The van der Waals surface area contributed by atoms with E-state index >= 15 is 0 Å². The molecule has 0 bridgehead atoms. The minimum atomic E-state index is -0.277. The van der Waals surface area contributed by atoms with Gasteiger partial charge in [-0.1, -0.05) is 29.4 Å². The van der Waals surface area contributed by atoms with Crippen LogP contribution < -0.4 is 10.1 Å². The van der Waals surface area contributed by atoms with Crippen molar-refractivity contribution in [1.82, 2.24) is 20.1 Å². The number of carbonyl (C=O) groups excluding carboxylic acids is 1. The Morgan fingerprint density at radius 1 is 1.48 bits per heavy atom. The molecule has 0 radical (unpaired) electrons. The zero-order valence-electron chi connectivity index (χ0n) is 14.2. The molecule has 0 aliphatic heterocycles. The van der Waals surface area contributed by atoms with Crippen molar-refractivity contribution in [3.8, 4) is 5.75 Å². The summed E-state index contributed by atoms with van der Waals surface area (Å²) in [6.45, 7) is 4.65. The summed E-state index contributed by atoms with van der Waals surface area (Å²) in [6.07, 6.45) is 1.90. The van der Waals surface area contributed by atoms with Gasteiger partial charge in [-0.15, -0.1) is 10.2 Å². The monoisotopic (exact) mass is 380 g/mol. The number of carbonyl (C=O) groups is 1. The predicted molar refractivity (Wildman–Crippen MR) is 98.1 cm³/mol. The van der Waals surface area contributed by atoms with Crippen molar-refractivity contribution in [2.75, 3.05) is 5.75 Å². The number of halogens is 1. The molecule has 1 aliphatic carbocycles. The van der Waals surface area contributed by atoms with Gasteiger partial charge >= 0.3 is 0 Å². The van der Waals surface area contributed by atoms with Gasteiger partial charge in [0.15, 0.2) is 17.1 Å². The third-order valence-electron chi connectivity index (χ3n) is 3.81. The largest absolute Gasteiger partial charge is 0.483 e. The first-order valence-corrected chi connectivity index (χ1v) is 9.70. The molecule has 1 atom stereocenters. The van der Waals surface area contributed by atoms with E-state index in [1.807, 2.05) is 30.5 Å². The summed E-state index contributed by atoms with van der Waals surface area (Å²) in [5.41, 5.74) is 0. The second kappa shape index (κ2) is 8.10. The van der Waals surface area contributed by atoms with Gasteiger partial charge in [0.25, 0.3) is 0 Å². The molecule has 1 N–H and O–H groups in total. The van der Waals surface area contributed by atoms with Gasteiger partial charge in [0.2, 0.25) is 5.91 Å². The summed E-state index contributed by atoms with van der Waals surface area (Å²) >= 11 is 7.39. The van der Waals surface area contributed by atoms with E-state index in [0.29, 0.717) is 29.1 Å². The topological polar surface area (TPSA) is 69.0 Å². The molecule has 2 aromatic rings. The van der Waals surface area contributed by atoms with Gasteiger partial charge in [0, 0.05) is 17.6 Å². The van der Waals surface area contributed by atoms with Gasteiger partial charge in [-0.05, 0) is 44.9 Å². The highest BCUT2D eigenvalue weighted by Gasteiger charge is 2.24. The highest BCUT2D eigenvalue weighted by atomic mass is 35.5. The molecule has 6 nitrogen and oxygen atoms in total. The first-order valence-electron chi connectivity index (χ1n) is 8.34. The van der Waals surface area contributed by atoms with Gasteiger partial charge in [0.1, 0.15) is 5.75 Å². The van der Waals surface area contributed by atoms with Crippen LogP contribution in [0.15, 0.2) is 29.4 Å². The van der Waals surface area contributed by atoms with Gasteiger partial charge in [-0.25, -0.2) is 0 Å². The Kier molecular flexibility index (Phi) is 5.86. The fourth-order valence-electron chi connectivity index (χ4n) is 2.43. The number of hydrogen-bond acceptors (Lipinski definition) is 5. The van der Waals surface area contributed by atoms with E-state index in [-0.39, 0.29) is 12.0 Å². The highest BCUT2D eigenvalue weighted by Crippen LogP contribution is 2.26. The molecule has 1 aromatic heterocycles. The van der Waals surface area contributed by atoms with Crippen LogP contribution in [0.1, 0.15) is 38.6 Å². The fraction of sp³-hybridized carbons (Fsp3) is 0.471. The van der Waals surface area contributed by atoms with Crippen LogP contribution in [0, 0.1) is 0 Å². The Hall–Kier alpha value is -1.73. The molecule has 1 heterocycles. The number of aromatic nitrogens is 3. The molecule has 8 heteroatoms. The van der Waals surface area contributed by atoms with Gasteiger partial charge in [-0.2, -0.15) is 0 Å². The Morgan fingerprint density at radius 3 is 2.96 bits per heavy atom. The second-order valence-electron chi connectivity index (χ2n) is 5.93. The van der Waals surface area contributed by atoms with E-state index in [1.165, 1.54) is 11.8 Å². The molecular formula is C17H21ClN4O2S. The smallest absolute Gasteiger partial charge is 0.230 e. The number of nitrogens with one attached hydrogen (secondary N) is 1. The molecule has 25 heavy (non-hydrogen) atoms. The number of hydrogen-bond donors (Lipinski definition) is 1. The Labute approximate surface area is 156 Å². The van der Waals surface area contributed by atoms with Crippen LogP contribution in [0.3, 0.4) is 0 Å². The summed E-state index contributed by atoms with van der Waals surface area (Å²) in [6, 6.07) is 7.64. The highest BCUT2D eigenvalue weighted by molar-refractivity contribution is 7.99. The summed E-state index contributed by atoms with van der Waals surface area (Å²) < 4.78 is 7.90. The number of benzene rings is 1. The van der Waals surface area contributed by atoms with Crippen LogP contribution in [-0.2, 0) is 11.3 Å². The van der Waals surface area contributed by atoms with Gasteiger partial charge in [0.05, 0.1) is 5.75 Å². The van der Waals surface area contributed by atoms with Crippen molar-refractivity contribution in [3.05, 3.63) is 35.1 Å². The molecular weight excluding hydrogens is 360 g/mol. The molecule has 1 unspecified atom stereocenters. The standard InChI is InChI=1S/C17H21ClN4O2S/c1-3-22-16(11(2)24-14-6-4-5-12(18)9-14)20-21-17(22)25-10-15(23)19-13-7-8-13/h4-6,9,11,13H,3,7-8,10H2,1-2H3,(H,19,23). The van der Waals surface area contributed by atoms with Gasteiger partial charge < -0.3 is 14.6 Å². The second-order valence-corrected chi connectivity index (χ2v) is 7.31. The predicted octanol–water partition coefficient (Wildman–Crippen LogP) is 3.46. The Bertz CT molecular complexity index is 748. The molecule has 1 aromatic carbocycles. The van der Waals surface area contributed by atoms with Crippen LogP contribution in [0.25, 0.3) is 0 Å². The van der Waals surface area contributed by atoms with E-state index in [4.69, 9.17) is 16.3 Å². The fourth-order valence-corrected chi connectivity index (χ4v) is 3.43. The van der Waals surface area contributed by atoms with Crippen LogP contribution in [0.2, 0.25) is 5.02 Å². The first-order chi connectivity index (χ1) is 12.1. The minimum Gasteiger partial charge on any atom is -0.483 e. The summed E-state index contributed by atoms with van der Waals surface area (Å²) in [5.74, 6) is 1.80. The Balaban J connectivity index is 1.64. The summed E-state index contributed by atoms with van der Waals surface area (Å²) in [5, 5.41) is 12.8. The maximum Gasteiger partial charge on any atom is 0.230 e. The molecule has 0 spiro atoms. The number of rotatable bonds is 8. The van der Waals surface area contributed by atoms with Crippen molar-refractivity contribution in [2.45, 2.75) is 50.5 Å². The first kappa shape index (κ1) is 18.1. The average Bonchev–Trinajstić information content (AvgIpc) is 3.29. The molecule has 1 fully saturated rings. The maximum atomic E-state index is 11.9. The summed E-state index contributed by atoms with van der Waals surface area (Å²) in [7, 11) is 0. The zero-order chi connectivity index (χ0) is 17.8. The van der Waals surface area contributed by atoms with E-state index < -0.39 is 0 Å². The molecule has 0 saturated heterocycles. The number of ether oxygens (including phenoxy) is 1. The molecule has 134 valence electrons. The van der Waals surface area contributed by atoms with Crippen molar-refractivity contribution >= 4 is 29.3 Å². The van der Waals surface area contributed by atoms with Crippen molar-refractivity contribution in [3.63, 3.8) is 0 Å². The van der Waals surface area contributed by atoms with Crippen LogP contribution >= 0.6 is 23.4 Å². The van der Waals surface area contributed by atoms with Crippen molar-refractivity contribution in [1.29, 1.82) is 0 Å². The quantitative estimate of drug-likeness (QED) is 0.710. The molecule has 1 saturated carbocycles. The molecule has 3 rings (SSSR count). The van der Waals surface area contributed by atoms with E-state index in [2.05, 4.69) is 15.5 Å². The molecule has 1 aliphatic rings. The number of nitrogens with zero attached hydrogens (tertiary/aromatic N) is 3. The van der Waals surface area contributed by atoms with Crippen LogP contribution in [0.4, 0.5) is 0 Å². The maximum absolute atomic E-state index is 11.9. The number of thioether (sulfide) groups is 1. The van der Waals surface area contributed by atoms with Crippen molar-refractivity contribution in [2.24, 2.45) is 0 Å². The van der Waals surface area contributed by atoms with E-state index in [9.17, 15) is 4.79 Å². The van der Waals surface area contributed by atoms with E-state index in [1.54, 1.807) is 12.1 Å². The minimum absolute atomic E-state index is 0.0444. The lowest BCUT2D eigenvalue weighted by Crippen LogP contribution is -2.27. The van der Waals surface area contributed by atoms with Crippen LogP contribution in [0.5, 0.6) is 5.75 Å². The van der Waals surface area contributed by atoms with Gasteiger partial charge in [-0.3, -0.25) is 4.79 Å². The lowest BCUT2D eigenvalue weighted by molar-refractivity contribution is -0.118. The average molecular weight is 381 g/mol. The third kappa shape index (κ3) is 4.89. The SMILES string of the molecule is CCn1c(SCC(=O)NC2CC2)nnc1C(C)Oc1cccc(Cl)c1. The normalized spacial score (nSPS) is 15.0. The third-order valence-corrected chi connectivity index (χ3v) is 5.01. The molecule has 1 amide bonds. The Morgan fingerprint density at radius 2 is 2.28 bits per heavy atom. The summed E-state index contributed by atoms with van der Waals surface area (Å²) in [4.78, 5) is 11.9. The van der Waals surface area contributed by atoms with E-state index in [0.717, 1.165) is 23.8 Å². The number of amides is 1.